The molecule has 1 aliphatic heterocycles. The molecule has 4 unspecified atom stereocenters. The summed E-state index contributed by atoms with van der Waals surface area (Å²) in [6.45, 7) is 3.98. The summed E-state index contributed by atoms with van der Waals surface area (Å²) in [5.41, 5.74) is 5.35. The Kier molecular flexibility index (Phi) is 32.6. The van der Waals surface area contributed by atoms with E-state index in [1.807, 2.05) is 6.08 Å². The predicted molar refractivity (Wildman–Crippen MR) is 218 cm³/mol. The van der Waals surface area contributed by atoms with E-state index in [9.17, 15) is 14.3 Å². The van der Waals surface area contributed by atoms with Gasteiger partial charge in [0.25, 0.3) is 0 Å². The van der Waals surface area contributed by atoms with Crippen LogP contribution in [0.15, 0.2) is 73.1 Å². The fourth-order valence-electron chi connectivity index (χ4n) is 5.49. The average molecular weight is 764 g/mol. The van der Waals surface area contributed by atoms with E-state index < -0.39 is 19.9 Å². The molecule has 4 atom stereocenters. The SMILES string of the molecule is CCC=CCC=CCC1OC1CC=CCC=CCCCC(=O)OC(COC=CCC=CCCCCCCCCCCCCC)COP(=O)(O)OCCN. The number of phosphoric acid groups is 1. The molecule has 1 aliphatic rings. The summed E-state index contributed by atoms with van der Waals surface area (Å²) >= 11 is 0. The number of ether oxygens (including phenoxy) is 3. The molecule has 0 radical (unpaired) electrons. The van der Waals surface area contributed by atoms with E-state index in [1.54, 1.807) is 6.26 Å². The van der Waals surface area contributed by atoms with E-state index in [2.05, 4.69) is 74.6 Å². The summed E-state index contributed by atoms with van der Waals surface area (Å²) in [4.78, 5) is 22.4. The summed E-state index contributed by atoms with van der Waals surface area (Å²) in [5.74, 6) is -0.424. The van der Waals surface area contributed by atoms with E-state index in [-0.39, 0.29) is 32.8 Å². The first kappa shape index (κ1) is 48.8. The molecule has 9 nitrogen and oxygen atoms in total. The maximum absolute atomic E-state index is 12.5. The van der Waals surface area contributed by atoms with E-state index in [0.29, 0.717) is 18.6 Å². The van der Waals surface area contributed by atoms with Crippen molar-refractivity contribution in [3.05, 3.63) is 73.1 Å². The van der Waals surface area contributed by atoms with Gasteiger partial charge < -0.3 is 24.8 Å². The fourth-order valence-corrected chi connectivity index (χ4v) is 6.26. The molecule has 0 spiro atoms. The first-order chi connectivity index (χ1) is 25.9. The van der Waals surface area contributed by atoms with Crippen LogP contribution in [0.1, 0.15) is 149 Å². The van der Waals surface area contributed by atoms with E-state index in [0.717, 1.165) is 51.4 Å². The van der Waals surface area contributed by atoms with Crippen LogP contribution in [0.5, 0.6) is 0 Å². The van der Waals surface area contributed by atoms with Crippen LogP contribution in [-0.4, -0.2) is 55.5 Å². The molecule has 1 saturated heterocycles. The quantitative estimate of drug-likeness (QED) is 0.0159. The lowest BCUT2D eigenvalue weighted by molar-refractivity contribution is -0.153. The first-order valence-electron chi connectivity index (χ1n) is 20.6. The van der Waals surface area contributed by atoms with Crippen molar-refractivity contribution in [2.75, 3.05) is 26.4 Å². The molecule has 0 saturated carbocycles. The number of phosphoric ester groups is 1. The molecule has 0 aromatic carbocycles. The van der Waals surface area contributed by atoms with Gasteiger partial charge in [0.2, 0.25) is 0 Å². The van der Waals surface area contributed by atoms with Crippen LogP contribution in [0.4, 0.5) is 0 Å². The fraction of sp³-hybridized carbons (Fsp3) is 0.698. The van der Waals surface area contributed by atoms with Gasteiger partial charge in [0, 0.05) is 13.0 Å². The number of nitrogens with two attached hydrogens (primary N) is 1. The highest BCUT2D eigenvalue weighted by molar-refractivity contribution is 7.47. The molecule has 0 aliphatic carbocycles. The zero-order chi connectivity index (χ0) is 38.5. The number of carbonyl (C=O) groups excluding carboxylic acids is 1. The van der Waals surface area contributed by atoms with Crippen LogP contribution in [0.2, 0.25) is 0 Å². The highest BCUT2D eigenvalue weighted by atomic mass is 31.2. The highest BCUT2D eigenvalue weighted by Crippen LogP contribution is 2.43. The molecular formula is C43H74NO8P. The molecule has 53 heavy (non-hydrogen) atoms. The molecule has 0 amide bonds. The third kappa shape index (κ3) is 32.9. The van der Waals surface area contributed by atoms with Gasteiger partial charge >= 0.3 is 13.8 Å². The van der Waals surface area contributed by atoms with Crippen molar-refractivity contribution in [1.82, 2.24) is 0 Å². The van der Waals surface area contributed by atoms with E-state index >= 15 is 0 Å². The second-order valence-corrected chi connectivity index (χ2v) is 15.0. The Balaban J connectivity index is 2.24. The van der Waals surface area contributed by atoms with Gasteiger partial charge in [-0.05, 0) is 70.3 Å². The topological polar surface area (TPSA) is 130 Å². The zero-order valence-electron chi connectivity index (χ0n) is 33.2. The number of allylic oxidation sites excluding steroid dienone is 9. The molecule has 0 bridgehead atoms. The lowest BCUT2D eigenvalue weighted by Gasteiger charge is -2.19. The van der Waals surface area contributed by atoms with E-state index in [4.69, 9.17) is 29.0 Å². The molecule has 0 aromatic heterocycles. The summed E-state index contributed by atoms with van der Waals surface area (Å²) in [6, 6.07) is 0. The Labute approximate surface area is 322 Å². The van der Waals surface area contributed by atoms with Gasteiger partial charge in [-0.2, -0.15) is 0 Å². The summed E-state index contributed by atoms with van der Waals surface area (Å²) in [6.07, 6.45) is 47.7. The largest absolute Gasteiger partial charge is 0.498 e. The van der Waals surface area contributed by atoms with Crippen molar-refractivity contribution in [3.8, 4) is 0 Å². The molecule has 0 aromatic rings. The minimum atomic E-state index is -4.32. The second-order valence-electron chi connectivity index (χ2n) is 13.6. The maximum Gasteiger partial charge on any atom is 0.472 e. The third-order valence-electron chi connectivity index (χ3n) is 8.60. The Morgan fingerprint density at radius 2 is 1.25 bits per heavy atom. The van der Waals surface area contributed by atoms with Crippen molar-refractivity contribution in [2.45, 2.75) is 167 Å². The van der Waals surface area contributed by atoms with Gasteiger partial charge in [0.15, 0.2) is 6.10 Å². The van der Waals surface area contributed by atoms with Crippen molar-refractivity contribution in [3.63, 3.8) is 0 Å². The minimum Gasteiger partial charge on any atom is -0.498 e. The smallest absolute Gasteiger partial charge is 0.472 e. The van der Waals surface area contributed by atoms with Crippen LogP contribution >= 0.6 is 7.82 Å². The highest BCUT2D eigenvalue weighted by Gasteiger charge is 2.36. The van der Waals surface area contributed by atoms with Crippen molar-refractivity contribution in [1.29, 1.82) is 0 Å². The first-order valence-corrected chi connectivity index (χ1v) is 22.1. The summed E-state index contributed by atoms with van der Waals surface area (Å²) < 4.78 is 38.8. The minimum absolute atomic E-state index is 0.0200. The van der Waals surface area contributed by atoms with Crippen LogP contribution in [0.25, 0.3) is 0 Å². The number of hydrogen-bond acceptors (Lipinski definition) is 8. The number of unbranched alkanes of at least 4 members (excludes halogenated alkanes) is 12. The monoisotopic (exact) mass is 764 g/mol. The van der Waals surface area contributed by atoms with Gasteiger partial charge in [-0.25, -0.2) is 4.57 Å². The number of hydrogen-bond donors (Lipinski definition) is 2. The molecule has 3 N–H and O–H groups in total. The van der Waals surface area contributed by atoms with Gasteiger partial charge in [-0.15, -0.1) is 0 Å². The molecule has 1 fully saturated rings. The van der Waals surface area contributed by atoms with Crippen LogP contribution in [-0.2, 0) is 32.6 Å². The van der Waals surface area contributed by atoms with Gasteiger partial charge in [-0.3, -0.25) is 13.8 Å². The number of epoxide rings is 1. The van der Waals surface area contributed by atoms with Crippen LogP contribution < -0.4 is 5.73 Å². The normalized spacial score (nSPS) is 18.0. The van der Waals surface area contributed by atoms with E-state index in [1.165, 1.54) is 70.6 Å². The van der Waals surface area contributed by atoms with Gasteiger partial charge in [0.05, 0.1) is 31.7 Å². The molecule has 304 valence electrons. The lowest BCUT2D eigenvalue weighted by Crippen LogP contribution is -2.27. The number of esters is 1. The Hall–Kier alpha value is -2.26. The third-order valence-corrected chi connectivity index (χ3v) is 9.59. The molecule has 1 rings (SSSR count). The molecular weight excluding hydrogens is 689 g/mol. The number of carbonyl (C=O) groups is 1. The zero-order valence-corrected chi connectivity index (χ0v) is 34.1. The lowest BCUT2D eigenvalue weighted by atomic mass is 10.1. The second kappa shape index (κ2) is 35.4. The molecule has 1 heterocycles. The number of rotatable bonds is 37. The average Bonchev–Trinajstić information content (AvgIpc) is 3.90. The maximum atomic E-state index is 12.5. The van der Waals surface area contributed by atoms with Crippen molar-refractivity contribution >= 4 is 13.8 Å². The standard InChI is InChI=1S/C43H74NO8P/c1-3-5-7-9-11-12-13-14-15-16-17-18-19-23-27-31-36-48-38-40(39-50-53(46,47)49-37-35-44)51-43(45)34-30-26-22-20-21-25-29-33-42-41(52-42)32-28-24-10-8-6-4-2/h6,8,19-20,22-25,28-29,31,36,40-42H,3-5,7,9-18,21,26-27,30,32-35,37-39,44H2,1-2H3,(H,46,47). The van der Waals surface area contributed by atoms with Gasteiger partial charge in [-0.1, -0.05) is 139 Å². The molecule has 10 heteroatoms. The van der Waals surface area contributed by atoms with Gasteiger partial charge in [0.1, 0.15) is 6.61 Å². The predicted octanol–water partition coefficient (Wildman–Crippen LogP) is 11.3. The summed E-state index contributed by atoms with van der Waals surface area (Å²) in [5, 5.41) is 0. The summed E-state index contributed by atoms with van der Waals surface area (Å²) in [7, 11) is -4.32. The Morgan fingerprint density at radius 1 is 0.698 bits per heavy atom. The van der Waals surface area contributed by atoms with Crippen molar-refractivity contribution < 1.29 is 37.5 Å². The van der Waals surface area contributed by atoms with Crippen LogP contribution in [0, 0.1) is 0 Å². The Morgan fingerprint density at radius 3 is 1.85 bits per heavy atom. The Bertz CT molecular complexity index is 1100. The van der Waals surface area contributed by atoms with Crippen LogP contribution in [0.3, 0.4) is 0 Å². The van der Waals surface area contributed by atoms with Crippen molar-refractivity contribution in [2.24, 2.45) is 5.73 Å².